The van der Waals surface area contributed by atoms with Gasteiger partial charge in [-0.05, 0) is 33.1 Å². The van der Waals surface area contributed by atoms with Crippen LogP contribution in [0.15, 0.2) is 10.6 Å². The minimum Gasteiger partial charge on any atom is -0.360 e. The number of amides is 2. The van der Waals surface area contributed by atoms with Gasteiger partial charge in [0.05, 0.1) is 11.0 Å². The van der Waals surface area contributed by atoms with Gasteiger partial charge in [0.25, 0.3) is 0 Å². The zero-order valence-electron chi connectivity index (χ0n) is 15.2. The number of hydrogen-bond donors (Lipinski definition) is 2. The Morgan fingerprint density at radius 3 is 2.54 bits per heavy atom. The number of carbonyl (C=O) groups excluding carboxylic acids is 2. The van der Waals surface area contributed by atoms with Crippen LogP contribution in [0.25, 0.3) is 0 Å². The second kappa shape index (κ2) is 10.4. The summed E-state index contributed by atoms with van der Waals surface area (Å²) in [6.45, 7) is 9.95. The topological polar surface area (TPSA) is 84.2 Å². The molecule has 0 radical (unpaired) electrons. The monoisotopic (exact) mass is 355 g/mol. The van der Waals surface area contributed by atoms with Gasteiger partial charge in [-0.1, -0.05) is 31.8 Å². The molecule has 0 aromatic carbocycles. The summed E-state index contributed by atoms with van der Waals surface area (Å²) in [6, 6.07) is 1.82. The number of aryl methyl sites for hydroxylation is 1. The zero-order chi connectivity index (χ0) is 18.1. The molecular formula is C17H29N3O3S. The molecule has 24 heavy (non-hydrogen) atoms. The van der Waals surface area contributed by atoms with Crippen molar-refractivity contribution in [3.63, 3.8) is 0 Å². The van der Waals surface area contributed by atoms with Crippen molar-refractivity contribution in [1.29, 1.82) is 0 Å². The number of anilines is 1. The van der Waals surface area contributed by atoms with Crippen LogP contribution in [0.5, 0.6) is 0 Å². The first-order chi connectivity index (χ1) is 11.3. The molecule has 7 heteroatoms. The van der Waals surface area contributed by atoms with E-state index in [0.29, 0.717) is 17.5 Å². The van der Waals surface area contributed by atoms with E-state index in [1.54, 1.807) is 19.9 Å². The van der Waals surface area contributed by atoms with Crippen LogP contribution in [-0.2, 0) is 9.59 Å². The van der Waals surface area contributed by atoms with Gasteiger partial charge in [0, 0.05) is 12.1 Å². The van der Waals surface area contributed by atoms with E-state index < -0.39 is 0 Å². The third kappa shape index (κ3) is 8.38. The Labute approximate surface area is 148 Å². The lowest BCUT2D eigenvalue weighted by molar-refractivity contribution is -0.119. The third-order valence-electron chi connectivity index (χ3n) is 3.54. The molecule has 1 rings (SSSR count). The van der Waals surface area contributed by atoms with Crippen LogP contribution in [0.4, 0.5) is 5.82 Å². The van der Waals surface area contributed by atoms with Crippen molar-refractivity contribution in [2.45, 2.75) is 65.2 Å². The number of carbonyl (C=O) groups is 2. The van der Waals surface area contributed by atoms with Gasteiger partial charge in [-0.3, -0.25) is 9.59 Å². The lowest BCUT2D eigenvalue weighted by Crippen LogP contribution is -2.35. The summed E-state index contributed by atoms with van der Waals surface area (Å²) >= 11 is 1.31. The van der Waals surface area contributed by atoms with Crippen LogP contribution in [-0.4, -0.2) is 34.0 Å². The van der Waals surface area contributed by atoms with Crippen molar-refractivity contribution in [3.8, 4) is 0 Å². The van der Waals surface area contributed by atoms with Gasteiger partial charge in [-0.25, -0.2) is 0 Å². The summed E-state index contributed by atoms with van der Waals surface area (Å²) in [4.78, 5) is 24.0. The first-order valence-electron chi connectivity index (χ1n) is 8.43. The Balaban J connectivity index is 2.23. The average Bonchev–Trinajstić information content (AvgIpc) is 2.89. The summed E-state index contributed by atoms with van der Waals surface area (Å²) < 4.78 is 4.90. The van der Waals surface area contributed by atoms with E-state index in [9.17, 15) is 9.59 Å². The fraction of sp³-hybridized carbons (Fsp3) is 0.706. The predicted octanol–water partition coefficient (Wildman–Crippen LogP) is 3.37. The van der Waals surface area contributed by atoms with E-state index >= 15 is 0 Å². The van der Waals surface area contributed by atoms with E-state index in [2.05, 4.69) is 29.6 Å². The van der Waals surface area contributed by atoms with Crippen molar-refractivity contribution < 1.29 is 14.1 Å². The number of nitrogens with zero attached hydrogens (tertiary/aromatic N) is 1. The fourth-order valence-electron chi connectivity index (χ4n) is 2.15. The van der Waals surface area contributed by atoms with Gasteiger partial charge in [0.2, 0.25) is 11.8 Å². The maximum Gasteiger partial charge on any atom is 0.238 e. The highest BCUT2D eigenvalue weighted by Crippen LogP contribution is 2.14. The molecule has 1 heterocycles. The second-order valence-electron chi connectivity index (χ2n) is 6.56. The van der Waals surface area contributed by atoms with E-state index in [-0.39, 0.29) is 28.9 Å². The molecule has 0 saturated carbocycles. The Morgan fingerprint density at radius 2 is 1.96 bits per heavy atom. The molecule has 0 aliphatic rings. The molecule has 2 atom stereocenters. The van der Waals surface area contributed by atoms with Gasteiger partial charge in [-0.15, -0.1) is 11.8 Å². The molecule has 1 aromatic heterocycles. The molecule has 2 N–H and O–H groups in total. The van der Waals surface area contributed by atoms with Gasteiger partial charge in [0.1, 0.15) is 5.76 Å². The van der Waals surface area contributed by atoms with Crippen LogP contribution in [0, 0.1) is 12.8 Å². The van der Waals surface area contributed by atoms with Crippen molar-refractivity contribution in [2.75, 3.05) is 11.1 Å². The molecular weight excluding hydrogens is 326 g/mol. The van der Waals surface area contributed by atoms with Gasteiger partial charge >= 0.3 is 0 Å². The molecule has 0 saturated heterocycles. The van der Waals surface area contributed by atoms with Crippen molar-refractivity contribution >= 4 is 29.4 Å². The lowest BCUT2D eigenvalue weighted by atomic mass is 10.0. The van der Waals surface area contributed by atoms with Crippen LogP contribution in [0.1, 0.15) is 52.7 Å². The molecule has 0 spiro atoms. The van der Waals surface area contributed by atoms with Gasteiger partial charge < -0.3 is 15.2 Å². The van der Waals surface area contributed by atoms with Crippen LogP contribution in [0.2, 0.25) is 0 Å². The highest BCUT2D eigenvalue weighted by atomic mass is 32.2. The number of rotatable bonds is 10. The first-order valence-corrected chi connectivity index (χ1v) is 9.48. The van der Waals surface area contributed by atoms with E-state index in [1.165, 1.54) is 18.2 Å². The molecule has 1 aromatic rings. The predicted molar refractivity (Wildman–Crippen MR) is 98.1 cm³/mol. The third-order valence-corrected chi connectivity index (χ3v) is 4.68. The molecule has 136 valence electrons. The highest BCUT2D eigenvalue weighted by Gasteiger charge is 2.17. The maximum absolute atomic E-state index is 12.0. The quantitative estimate of drug-likeness (QED) is 0.672. The normalized spacial score (nSPS) is 13.6. The lowest BCUT2D eigenvalue weighted by Gasteiger charge is -2.15. The molecule has 0 fully saturated rings. The highest BCUT2D eigenvalue weighted by molar-refractivity contribution is 8.01. The standard InChI is InChI=1S/C17H29N3O3S/c1-11(2)7-6-8-12(3)18-16(21)10-24-14(5)17(22)19-15-9-13(4)23-20-15/h9,11-12,14H,6-8,10H2,1-5H3,(H,18,21)(H,19,20,22). The van der Waals surface area contributed by atoms with Crippen LogP contribution < -0.4 is 10.6 Å². The Kier molecular flexibility index (Phi) is 8.89. The number of thioether (sulfide) groups is 1. The summed E-state index contributed by atoms with van der Waals surface area (Å²) in [5.74, 6) is 1.77. The maximum atomic E-state index is 12.0. The average molecular weight is 356 g/mol. The SMILES string of the molecule is Cc1cc(NC(=O)C(C)SCC(=O)NC(C)CCCC(C)C)no1. The minimum absolute atomic E-state index is 0.0334. The van der Waals surface area contributed by atoms with E-state index in [0.717, 1.165) is 12.8 Å². The molecule has 0 aliphatic heterocycles. The summed E-state index contributed by atoms with van der Waals surface area (Å²) in [5.41, 5.74) is 0. The van der Waals surface area contributed by atoms with E-state index in [4.69, 9.17) is 4.52 Å². The Morgan fingerprint density at radius 1 is 1.25 bits per heavy atom. The molecule has 2 unspecified atom stereocenters. The second-order valence-corrected chi connectivity index (χ2v) is 7.89. The first kappa shape index (κ1) is 20.5. The number of nitrogens with one attached hydrogen (secondary N) is 2. The largest absolute Gasteiger partial charge is 0.360 e. The van der Waals surface area contributed by atoms with Crippen LogP contribution >= 0.6 is 11.8 Å². The summed E-state index contributed by atoms with van der Waals surface area (Å²) in [6.07, 6.45) is 3.27. The minimum atomic E-state index is -0.344. The van der Waals surface area contributed by atoms with Crippen molar-refractivity contribution in [2.24, 2.45) is 5.92 Å². The van der Waals surface area contributed by atoms with Crippen molar-refractivity contribution in [3.05, 3.63) is 11.8 Å². The number of aromatic nitrogens is 1. The molecule has 0 bridgehead atoms. The van der Waals surface area contributed by atoms with E-state index in [1.807, 2.05) is 6.92 Å². The smallest absolute Gasteiger partial charge is 0.238 e. The van der Waals surface area contributed by atoms with Gasteiger partial charge in [-0.2, -0.15) is 0 Å². The summed E-state index contributed by atoms with van der Waals surface area (Å²) in [7, 11) is 0. The van der Waals surface area contributed by atoms with Crippen molar-refractivity contribution in [1.82, 2.24) is 10.5 Å². The Hall–Kier alpha value is -1.50. The molecule has 0 aliphatic carbocycles. The summed E-state index contributed by atoms with van der Waals surface area (Å²) in [5, 5.41) is 9.03. The molecule has 6 nitrogen and oxygen atoms in total. The fourth-order valence-corrected chi connectivity index (χ4v) is 2.85. The van der Waals surface area contributed by atoms with Gasteiger partial charge in [0.15, 0.2) is 5.82 Å². The molecule has 2 amide bonds. The van der Waals surface area contributed by atoms with Crippen LogP contribution in [0.3, 0.4) is 0 Å². The zero-order valence-corrected chi connectivity index (χ0v) is 16.0. The Bertz CT molecular complexity index is 531. The number of hydrogen-bond acceptors (Lipinski definition) is 5.